The van der Waals surface area contributed by atoms with Crippen molar-refractivity contribution in [3.63, 3.8) is 0 Å². The molecule has 2 aromatic carbocycles. The molecule has 0 radical (unpaired) electrons. The number of halogens is 4. The van der Waals surface area contributed by atoms with Gasteiger partial charge >= 0.3 is 11.9 Å². The third-order valence-electron chi connectivity index (χ3n) is 3.24. The molecule has 0 saturated heterocycles. The maximum atomic E-state index is 12.7. The maximum absolute atomic E-state index is 12.7. The highest BCUT2D eigenvalue weighted by atomic mass is 35.5. The van der Waals surface area contributed by atoms with E-state index in [-0.39, 0.29) is 22.1 Å². The van der Waals surface area contributed by atoms with Gasteiger partial charge in [0.25, 0.3) is 5.91 Å². The molecule has 0 aliphatic carbocycles. The molecule has 6 nitrogen and oxygen atoms in total. The van der Waals surface area contributed by atoms with Gasteiger partial charge in [0.2, 0.25) is 0 Å². The Morgan fingerprint density at radius 2 is 1.96 bits per heavy atom. The number of carbonyl (C=O) groups is 1. The van der Waals surface area contributed by atoms with Crippen LogP contribution in [-0.4, -0.2) is 17.4 Å². The summed E-state index contributed by atoms with van der Waals surface area (Å²) in [5, 5.41) is 13.1. The first-order valence-corrected chi connectivity index (χ1v) is 7.50. The Kier molecular flexibility index (Phi) is 5.71. The number of benzene rings is 2. The van der Waals surface area contributed by atoms with Crippen LogP contribution in [0.1, 0.15) is 11.1 Å². The Hall–Kier alpha value is -2.81. The van der Waals surface area contributed by atoms with E-state index in [1.807, 2.05) is 0 Å². The number of nitro benzene ring substituents is 1. The summed E-state index contributed by atoms with van der Waals surface area (Å²) >= 11 is 5.78. The SMILES string of the molecule is Cc1ccc(OCC(=O)Nc2cc(C(F)(F)F)ccc2Cl)c([N+](=O)[O-])c1. The highest BCUT2D eigenvalue weighted by Gasteiger charge is 2.31. The van der Waals surface area contributed by atoms with Gasteiger partial charge in [-0.15, -0.1) is 0 Å². The van der Waals surface area contributed by atoms with Gasteiger partial charge < -0.3 is 10.1 Å². The second-order valence-corrected chi connectivity index (χ2v) is 5.66. The number of carbonyl (C=O) groups excluding carboxylic acids is 1. The molecule has 0 aliphatic rings. The van der Waals surface area contributed by atoms with Crippen LogP contribution in [0.2, 0.25) is 5.02 Å². The summed E-state index contributed by atoms with van der Waals surface area (Å²) in [6.07, 6.45) is -4.59. The van der Waals surface area contributed by atoms with Crippen LogP contribution in [0, 0.1) is 17.0 Å². The van der Waals surface area contributed by atoms with Crippen LogP contribution >= 0.6 is 11.6 Å². The number of ether oxygens (including phenoxy) is 1. The van der Waals surface area contributed by atoms with Gasteiger partial charge in [-0.1, -0.05) is 17.7 Å². The molecule has 2 rings (SSSR count). The summed E-state index contributed by atoms with van der Waals surface area (Å²) in [5.41, 5.74) is -0.917. The molecule has 0 bridgehead atoms. The quantitative estimate of drug-likeness (QED) is 0.600. The zero-order chi connectivity index (χ0) is 19.5. The van der Waals surface area contributed by atoms with Crippen molar-refractivity contribution in [2.75, 3.05) is 11.9 Å². The first-order valence-electron chi connectivity index (χ1n) is 7.12. The number of rotatable bonds is 5. The summed E-state index contributed by atoms with van der Waals surface area (Å²) < 4.78 is 43.3. The molecule has 0 aliphatic heterocycles. The van der Waals surface area contributed by atoms with Crippen LogP contribution in [0.5, 0.6) is 5.75 Å². The van der Waals surface area contributed by atoms with Crippen molar-refractivity contribution >= 4 is 28.9 Å². The Morgan fingerprint density at radius 3 is 2.58 bits per heavy atom. The number of nitro groups is 1. The standard InChI is InChI=1S/C16H12ClF3N2O4/c1-9-2-5-14(13(6-9)22(24)25)26-8-15(23)21-12-7-10(16(18,19)20)3-4-11(12)17/h2-7H,8H2,1H3,(H,21,23). The number of amides is 1. The molecule has 138 valence electrons. The van der Waals surface area contributed by atoms with Crippen LogP contribution in [0.3, 0.4) is 0 Å². The number of alkyl halides is 3. The highest BCUT2D eigenvalue weighted by Crippen LogP contribution is 2.34. The third kappa shape index (κ3) is 4.85. The van der Waals surface area contributed by atoms with E-state index in [9.17, 15) is 28.1 Å². The first kappa shape index (κ1) is 19.5. The number of nitrogens with zero attached hydrogens (tertiary/aromatic N) is 1. The number of aryl methyl sites for hydroxylation is 1. The molecule has 0 aromatic heterocycles. The predicted molar refractivity (Wildman–Crippen MR) is 88.4 cm³/mol. The van der Waals surface area contributed by atoms with Crippen LogP contribution in [-0.2, 0) is 11.0 Å². The molecule has 26 heavy (non-hydrogen) atoms. The van der Waals surface area contributed by atoms with E-state index in [2.05, 4.69) is 5.32 Å². The van der Waals surface area contributed by atoms with Gasteiger partial charge in [0.1, 0.15) is 0 Å². The fourth-order valence-corrected chi connectivity index (χ4v) is 2.18. The molecular weight excluding hydrogens is 377 g/mol. The van der Waals surface area contributed by atoms with Gasteiger partial charge in [0.15, 0.2) is 12.4 Å². The van der Waals surface area contributed by atoms with Crippen molar-refractivity contribution in [2.24, 2.45) is 0 Å². The summed E-state index contributed by atoms with van der Waals surface area (Å²) in [5.74, 6) is -0.952. The molecule has 2 aromatic rings. The van der Waals surface area contributed by atoms with Crippen molar-refractivity contribution in [3.05, 3.63) is 62.7 Å². The summed E-state index contributed by atoms with van der Waals surface area (Å²) in [6, 6.07) is 6.64. The van der Waals surface area contributed by atoms with Gasteiger partial charge in [0, 0.05) is 6.07 Å². The largest absolute Gasteiger partial charge is 0.477 e. The Balaban J connectivity index is 2.10. The van der Waals surface area contributed by atoms with E-state index in [0.717, 1.165) is 12.1 Å². The molecule has 0 fully saturated rings. The molecule has 0 spiro atoms. The van der Waals surface area contributed by atoms with E-state index in [0.29, 0.717) is 11.6 Å². The van der Waals surface area contributed by atoms with Crippen LogP contribution in [0.4, 0.5) is 24.5 Å². The van der Waals surface area contributed by atoms with Gasteiger partial charge in [-0.25, -0.2) is 0 Å². The lowest BCUT2D eigenvalue weighted by Gasteiger charge is -2.12. The van der Waals surface area contributed by atoms with E-state index in [1.54, 1.807) is 13.0 Å². The van der Waals surface area contributed by atoms with Crippen molar-refractivity contribution < 1.29 is 27.6 Å². The van der Waals surface area contributed by atoms with E-state index < -0.39 is 29.2 Å². The van der Waals surface area contributed by atoms with E-state index in [4.69, 9.17) is 16.3 Å². The van der Waals surface area contributed by atoms with Gasteiger partial charge in [-0.3, -0.25) is 14.9 Å². The maximum Gasteiger partial charge on any atom is 0.416 e. The predicted octanol–water partition coefficient (Wildman–Crippen LogP) is 4.59. The van der Waals surface area contributed by atoms with Gasteiger partial charge in [0.05, 0.1) is 21.2 Å². The number of anilines is 1. The Labute approximate surface area is 150 Å². The summed E-state index contributed by atoms with van der Waals surface area (Å²) in [4.78, 5) is 22.2. The van der Waals surface area contributed by atoms with E-state index >= 15 is 0 Å². The fraction of sp³-hybridized carbons (Fsp3) is 0.188. The number of nitrogens with one attached hydrogen (secondary N) is 1. The second kappa shape index (κ2) is 7.61. The fourth-order valence-electron chi connectivity index (χ4n) is 2.02. The summed E-state index contributed by atoms with van der Waals surface area (Å²) in [7, 11) is 0. The van der Waals surface area contributed by atoms with E-state index in [1.165, 1.54) is 12.1 Å². The van der Waals surface area contributed by atoms with Gasteiger partial charge in [-0.2, -0.15) is 13.2 Å². The first-order chi connectivity index (χ1) is 12.1. The molecule has 0 unspecified atom stereocenters. The molecule has 0 heterocycles. The van der Waals surface area contributed by atoms with Crippen molar-refractivity contribution in [3.8, 4) is 5.75 Å². The second-order valence-electron chi connectivity index (χ2n) is 5.26. The lowest BCUT2D eigenvalue weighted by Crippen LogP contribution is -2.21. The number of hydrogen-bond acceptors (Lipinski definition) is 4. The van der Waals surface area contributed by atoms with Crippen molar-refractivity contribution in [1.82, 2.24) is 0 Å². The van der Waals surface area contributed by atoms with Crippen LogP contribution in [0.15, 0.2) is 36.4 Å². The number of hydrogen-bond donors (Lipinski definition) is 1. The third-order valence-corrected chi connectivity index (χ3v) is 3.57. The Bertz CT molecular complexity index is 856. The molecule has 1 N–H and O–H groups in total. The average Bonchev–Trinajstić information content (AvgIpc) is 2.54. The normalized spacial score (nSPS) is 11.1. The van der Waals surface area contributed by atoms with Gasteiger partial charge in [-0.05, 0) is 36.8 Å². The lowest BCUT2D eigenvalue weighted by molar-refractivity contribution is -0.385. The lowest BCUT2D eigenvalue weighted by atomic mass is 10.2. The Morgan fingerprint density at radius 1 is 1.27 bits per heavy atom. The van der Waals surface area contributed by atoms with Crippen LogP contribution < -0.4 is 10.1 Å². The zero-order valence-electron chi connectivity index (χ0n) is 13.3. The highest BCUT2D eigenvalue weighted by molar-refractivity contribution is 6.33. The molecule has 10 heteroatoms. The molecular formula is C16H12ClF3N2O4. The minimum Gasteiger partial charge on any atom is -0.477 e. The van der Waals surface area contributed by atoms with Crippen molar-refractivity contribution in [2.45, 2.75) is 13.1 Å². The van der Waals surface area contributed by atoms with Crippen LogP contribution in [0.25, 0.3) is 0 Å². The average molecular weight is 389 g/mol. The summed E-state index contributed by atoms with van der Waals surface area (Å²) in [6.45, 7) is 1.01. The van der Waals surface area contributed by atoms with Crippen molar-refractivity contribution in [1.29, 1.82) is 0 Å². The molecule has 1 amide bonds. The molecule has 0 saturated carbocycles. The monoisotopic (exact) mass is 388 g/mol. The smallest absolute Gasteiger partial charge is 0.416 e. The zero-order valence-corrected chi connectivity index (χ0v) is 14.0. The minimum absolute atomic E-state index is 0.0901. The topological polar surface area (TPSA) is 81.5 Å². The molecule has 0 atom stereocenters. The minimum atomic E-state index is -4.59.